The molecule has 124 valence electrons. The number of hydrazone groups is 1. The van der Waals surface area contributed by atoms with Crippen LogP contribution in [0.2, 0.25) is 0 Å². The third-order valence-corrected chi connectivity index (χ3v) is 5.03. The molecule has 3 nitrogen and oxygen atoms in total. The molecule has 1 N–H and O–H groups in total. The zero-order valence-corrected chi connectivity index (χ0v) is 14.5. The number of hydrogen-bond acceptors (Lipinski definition) is 2. The number of amides is 1. The molecule has 24 heavy (non-hydrogen) atoms. The van der Waals surface area contributed by atoms with Crippen LogP contribution in [0.3, 0.4) is 0 Å². The van der Waals surface area contributed by atoms with Crippen LogP contribution in [0.4, 0.5) is 0 Å². The monoisotopic (exact) mass is 320 g/mol. The molecular formula is C21H24N2O. The van der Waals surface area contributed by atoms with Gasteiger partial charge < -0.3 is 0 Å². The smallest absolute Gasteiger partial charge is 0.244 e. The lowest BCUT2D eigenvalue weighted by Crippen LogP contribution is -2.26. The van der Waals surface area contributed by atoms with E-state index in [2.05, 4.69) is 48.6 Å². The van der Waals surface area contributed by atoms with Gasteiger partial charge in [0.05, 0.1) is 5.92 Å². The van der Waals surface area contributed by atoms with Crippen LogP contribution in [-0.4, -0.2) is 11.6 Å². The van der Waals surface area contributed by atoms with Crippen LogP contribution in [0.5, 0.6) is 0 Å². The molecule has 1 atom stereocenters. The second kappa shape index (κ2) is 6.60. The van der Waals surface area contributed by atoms with Crippen molar-refractivity contribution in [3.63, 3.8) is 0 Å². The van der Waals surface area contributed by atoms with Crippen LogP contribution in [0.1, 0.15) is 38.3 Å². The van der Waals surface area contributed by atoms with Gasteiger partial charge in [0, 0.05) is 11.1 Å². The van der Waals surface area contributed by atoms with Gasteiger partial charge >= 0.3 is 0 Å². The SMILES string of the molecule is CC(=NNC(=O)C1CC1(c1ccccc1)c1ccccc1)C(C)C. The number of nitrogens with one attached hydrogen (secondary N) is 1. The Bertz CT molecular complexity index is 695. The summed E-state index contributed by atoms with van der Waals surface area (Å²) < 4.78 is 0. The summed E-state index contributed by atoms with van der Waals surface area (Å²) in [6, 6.07) is 20.6. The van der Waals surface area contributed by atoms with Gasteiger partial charge in [0.15, 0.2) is 0 Å². The van der Waals surface area contributed by atoms with E-state index in [1.807, 2.05) is 43.3 Å². The normalized spacial score (nSPS) is 19.2. The molecule has 0 aliphatic heterocycles. The molecule has 3 heteroatoms. The molecule has 1 aliphatic carbocycles. The molecule has 1 fully saturated rings. The summed E-state index contributed by atoms with van der Waals surface area (Å²) in [4.78, 5) is 12.7. The summed E-state index contributed by atoms with van der Waals surface area (Å²) in [5.74, 6) is 0.256. The van der Waals surface area contributed by atoms with Crippen molar-refractivity contribution in [1.29, 1.82) is 0 Å². The minimum atomic E-state index is -0.228. The second-order valence-electron chi connectivity index (χ2n) is 6.84. The Morgan fingerprint density at radius 3 is 2.00 bits per heavy atom. The van der Waals surface area contributed by atoms with E-state index < -0.39 is 0 Å². The van der Waals surface area contributed by atoms with Crippen molar-refractivity contribution in [2.75, 3.05) is 0 Å². The summed E-state index contributed by atoms with van der Waals surface area (Å²) in [5, 5.41) is 4.25. The van der Waals surface area contributed by atoms with E-state index >= 15 is 0 Å². The van der Waals surface area contributed by atoms with Gasteiger partial charge in [-0.05, 0) is 30.4 Å². The number of benzene rings is 2. The van der Waals surface area contributed by atoms with Crippen LogP contribution in [0.15, 0.2) is 65.8 Å². The fraction of sp³-hybridized carbons (Fsp3) is 0.333. The lowest BCUT2D eigenvalue weighted by Gasteiger charge is -2.18. The third kappa shape index (κ3) is 2.99. The lowest BCUT2D eigenvalue weighted by molar-refractivity contribution is -0.122. The van der Waals surface area contributed by atoms with Crippen molar-refractivity contribution in [3.8, 4) is 0 Å². The first-order valence-electron chi connectivity index (χ1n) is 8.51. The maximum absolute atomic E-state index is 12.7. The standard InChI is InChI=1S/C21H24N2O/c1-15(2)16(3)22-23-20(24)19-14-21(19,17-10-6-4-7-11-17)18-12-8-5-9-13-18/h4-13,15,19H,14H2,1-3H3,(H,23,24). The molecule has 1 saturated carbocycles. The van der Waals surface area contributed by atoms with Crippen molar-refractivity contribution in [1.82, 2.24) is 5.43 Å². The highest BCUT2D eigenvalue weighted by Gasteiger charge is 2.60. The molecule has 0 saturated heterocycles. The van der Waals surface area contributed by atoms with E-state index in [-0.39, 0.29) is 17.2 Å². The Kier molecular flexibility index (Phi) is 4.52. The highest BCUT2D eigenvalue weighted by molar-refractivity contribution is 5.89. The average Bonchev–Trinajstić information content (AvgIpc) is 3.38. The number of carbonyl (C=O) groups excluding carboxylic acids is 1. The molecule has 1 unspecified atom stereocenters. The van der Waals surface area contributed by atoms with Gasteiger partial charge in [-0.2, -0.15) is 5.10 Å². The van der Waals surface area contributed by atoms with Gasteiger partial charge in [0.25, 0.3) is 0 Å². The van der Waals surface area contributed by atoms with Crippen molar-refractivity contribution in [3.05, 3.63) is 71.8 Å². The highest BCUT2D eigenvalue weighted by atomic mass is 16.2. The van der Waals surface area contributed by atoms with Gasteiger partial charge in [-0.25, -0.2) is 5.43 Å². The fourth-order valence-electron chi connectivity index (χ4n) is 3.21. The molecule has 0 bridgehead atoms. The largest absolute Gasteiger partial charge is 0.273 e. The van der Waals surface area contributed by atoms with E-state index in [9.17, 15) is 4.79 Å². The summed E-state index contributed by atoms with van der Waals surface area (Å²) in [6.45, 7) is 6.08. The first-order chi connectivity index (χ1) is 11.6. The highest BCUT2D eigenvalue weighted by Crippen LogP contribution is 2.58. The Morgan fingerprint density at radius 2 is 1.54 bits per heavy atom. The van der Waals surface area contributed by atoms with Gasteiger partial charge in [-0.1, -0.05) is 74.5 Å². The third-order valence-electron chi connectivity index (χ3n) is 5.03. The lowest BCUT2D eigenvalue weighted by atomic mass is 9.85. The Balaban J connectivity index is 1.88. The minimum absolute atomic E-state index is 0.00251. The van der Waals surface area contributed by atoms with Gasteiger partial charge in [0.2, 0.25) is 5.91 Å². The fourth-order valence-corrected chi connectivity index (χ4v) is 3.21. The maximum Gasteiger partial charge on any atom is 0.244 e. The molecule has 0 spiro atoms. The number of rotatable bonds is 5. The number of nitrogens with zero attached hydrogens (tertiary/aromatic N) is 1. The molecule has 1 amide bonds. The Labute approximate surface area is 143 Å². The van der Waals surface area contributed by atoms with E-state index in [0.717, 1.165) is 12.1 Å². The Hall–Kier alpha value is -2.42. The first kappa shape index (κ1) is 16.4. The van der Waals surface area contributed by atoms with Crippen LogP contribution in [-0.2, 0) is 10.2 Å². The van der Waals surface area contributed by atoms with Crippen LogP contribution >= 0.6 is 0 Å². The summed E-state index contributed by atoms with van der Waals surface area (Å²) in [5.41, 5.74) is 5.87. The van der Waals surface area contributed by atoms with Crippen LogP contribution in [0, 0.1) is 11.8 Å². The quantitative estimate of drug-likeness (QED) is 0.653. The molecule has 2 aromatic carbocycles. The van der Waals surface area contributed by atoms with Gasteiger partial charge in [-0.3, -0.25) is 4.79 Å². The average molecular weight is 320 g/mol. The molecule has 0 aromatic heterocycles. The number of hydrogen-bond donors (Lipinski definition) is 1. The van der Waals surface area contributed by atoms with Gasteiger partial charge in [-0.15, -0.1) is 0 Å². The predicted molar refractivity (Wildman–Crippen MR) is 97.9 cm³/mol. The summed E-state index contributed by atoms with van der Waals surface area (Å²) in [7, 11) is 0. The Morgan fingerprint density at radius 1 is 1.04 bits per heavy atom. The maximum atomic E-state index is 12.7. The van der Waals surface area contributed by atoms with Gasteiger partial charge in [0.1, 0.15) is 0 Å². The van der Waals surface area contributed by atoms with Crippen molar-refractivity contribution in [2.24, 2.45) is 16.9 Å². The zero-order chi connectivity index (χ0) is 17.2. The summed E-state index contributed by atoms with van der Waals surface area (Å²) >= 11 is 0. The number of carbonyl (C=O) groups is 1. The van der Waals surface area contributed by atoms with E-state index in [4.69, 9.17) is 0 Å². The molecular weight excluding hydrogens is 296 g/mol. The van der Waals surface area contributed by atoms with E-state index in [1.54, 1.807) is 0 Å². The predicted octanol–water partition coefficient (Wildman–Crippen LogP) is 4.14. The van der Waals surface area contributed by atoms with Crippen molar-refractivity contribution >= 4 is 11.6 Å². The zero-order valence-electron chi connectivity index (χ0n) is 14.5. The molecule has 1 aliphatic rings. The first-order valence-corrected chi connectivity index (χ1v) is 8.51. The van der Waals surface area contributed by atoms with Crippen molar-refractivity contribution < 1.29 is 4.79 Å². The molecule has 2 aromatic rings. The van der Waals surface area contributed by atoms with Crippen LogP contribution in [0.25, 0.3) is 0 Å². The molecule has 3 rings (SSSR count). The van der Waals surface area contributed by atoms with Crippen molar-refractivity contribution in [2.45, 2.75) is 32.6 Å². The topological polar surface area (TPSA) is 41.5 Å². The molecule has 0 heterocycles. The second-order valence-corrected chi connectivity index (χ2v) is 6.84. The van der Waals surface area contributed by atoms with Crippen LogP contribution < -0.4 is 5.43 Å². The minimum Gasteiger partial charge on any atom is -0.273 e. The summed E-state index contributed by atoms with van der Waals surface area (Å²) in [6.07, 6.45) is 0.823. The molecule has 0 radical (unpaired) electrons. The van der Waals surface area contributed by atoms with E-state index in [0.29, 0.717) is 5.92 Å². The van der Waals surface area contributed by atoms with E-state index in [1.165, 1.54) is 11.1 Å².